The Morgan fingerprint density at radius 2 is 1.86 bits per heavy atom. The largest absolute Gasteiger partial charge is 0.378 e. The van der Waals surface area contributed by atoms with Crippen molar-refractivity contribution in [1.82, 2.24) is 4.98 Å². The molecule has 150 valence electrons. The summed E-state index contributed by atoms with van der Waals surface area (Å²) in [5.41, 5.74) is 5.48. The minimum Gasteiger partial charge on any atom is -0.378 e. The fraction of sp³-hybridized carbons (Fsp3) is 0.560. The number of unbranched alkanes of at least 4 members (excludes halogenated alkanes) is 1. The molecule has 28 heavy (non-hydrogen) atoms. The highest BCUT2D eigenvalue weighted by Crippen LogP contribution is 2.47. The Morgan fingerprint density at radius 3 is 2.57 bits per heavy atom. The van der Waals surface area contributed by atoms with E-state index in [1.807, 2.05) is 12.3 Å². The van der Waals surface area contributed by atoms with E-state index >= 15 is 0 Å². The van der Waals surface area contributed by atoms with Gasteiger partial charge in [-0.05, 0) is 63.6 Å². The van der Waals surface area contributed by atoms with Crippen molar-refractivity contribution in [3.8, 4) is 0 Å². The van der Waals surface area contributed by atoms with E-state index in [4.69, 9.17) is 14.5 Å². The molecule has 2 fully saturated rings. The molecule has 1 aromatic carbocycles. The zero-order valence-electron chi connectivity index (χ0n) is 17.4. The smallest absolute Gasteiger partial charge is 0.0945 e. The zero-order chi connectivity index (χ0) is 19.5. The van der Waals surface area contributed by atoms with Crippen LogP contribution in [0.15, 0.2) is 42.6 Å². The lowest BCUT2D eigenvalue weighted by Crippen LogP contribution is -2.48. The number of hydrogen-bond donors (Lipinski definition) is 0. The zero-order valence-corrected chi connectivity index (χ0v) is 17.4. The Hall–Kier alpha value is -1.71. The monoisotopic (exact) mass is 379 g/mol. The second-order valence-corrected chi connectivity index (χ2v) is 8.96. The molecule has 0 bridgehead atoms. The van der Waals surface area contributed by atoms with Crippen LogP contribution in [0.3, 0.4) is 0 Å². The summed E-state index contributed by atoms with van der Waals surface area (Å²) in [4.78, 5) is 4.79. The van der Waals surface area contributed by atoms with Crippen molar-refractivity contribution in [3.05, 3.63) is 65.0 Å². The number of hydrogen-bond acceptors (Lipinski definition) is 3. The molecule has 2 aromatic rings. The van der Waals surface area contributed by atoms with E-state index in [2.05, 4.69) is 44.2 Å². The van der Waals surface area contributed by atoms with Gasteiger partial charge in [0, 0.05) is 36.9 Å². The van der Waals surface area contributed by atoms with Crippen molar-refractivity contribution < 1.29 is 9.47 Å². The molecular formula is C25H33NO2. The first-order valence-electron chi connectivity index (χ1n) is 10.8. The lowest BCUT2D eigenvalue weighted by atomic mass is 9.67. The number of aryl methyl sites for hydroxylation is 3. The number of rotatable bonds is 6. The molecule has 1 spiro atoms. The van der Waals surface area contributed by atoms with Crippen LogP contribution in [0.25, 0.3) is 0 Å². The summed E-state index contributed by atoms with van der Waals surface area (Å²) in [5, 5.41) is 0. The maximum Gasteiger partial charge on any atom is 0.0945 e. The molecule has 2 aliphatic rings. The fourth-order valence-electron chi connectivity index (χ4n) is 5.30. The highest BCUT2D eigenvalue weighted by Gasteiger charge is 2.49. The summed E-state index contributed by atoms with van der Waals surface area (Å²) in [6, 6.07) is 13.3. The van der Waals surface area contributed by atoms with Crippen LogP contribution in [-0.2, 0) is 21.3 Å². The third kappa shape index (κ3) is 4.31. The molecule has 0 saturated carbocycles. The van der Waals surface area contributed by atoms with Crippen molar-refractivity contribution in [2.24, 2.45) is 0 Å². The normalized spacial score (nSPS) is 27.4. The first kappa shape index (κ1) is 19.6. The van der Waals surface area contributed by atoms with E-state index in [0.717, 1.165) is 45.5 Å². The molecular weight excluding hydrogens is 346 g/mol. The topological polar surface area (TPSA) is 31.4 Å². The SMILES string of the molecule is Cc1cc(C)cc(CCCC[C@@]2(c3ccccn3)CCO[C@]3(CCOC3)C2)c1. The third-order valence-electron chi connectivity index (χ3n) is 6.58. The van der Waals surface area contributed by atoms with Crippen LogP contribution in [0.1, 0.15) is 60.9 Å². The van der Waals surface area contributed by atoms with E-state index in [-0.39, 0.29) is 11.0 Å². The van der Waals surface area contributed by atoms with Crippen molar-refractivity contribution in [1.29, 1.82) is 0 Å². The van der Waals surface area contributed by atoms with Gasteiger partial charge in [0.05, 0.1) is 12.2 Å². The van der Waals surface area contributed by atoms with Gasteiger partial charge < -0.3 is 9.47 Å². The van der Waals surface area contributed by atoms with Gasteiger partial charge in [-0.1, -0.05) is 41.8 Å². The van der Waals surface area contributed by atoms with Gasteiger partial charge in [-0.15, -0.1) is 0 Å². The van der Waals surface area contributed by atoms with Crippen LogP contribution in [0.2, 0.25) is 0 Å². The molecule has 0 unspecified atom stereocenters. The second kappa shape index (κ2) is 8.34. The Morgan fingerprint density at radius 1 is 1.00 bits per heavy atom. The van der Waals surface area contributed by atoms with Crippen molar-refractivity contribution >= 4 is 0 Å². The van der Waals surface area contributed by atoms with Gasteiger partial charge >= 0.3 is 0 Å². The van der Waals surface area contributed by atoms with Gasteiger partial charge in [-0.3, -0.25) is 4.98 Å². The van der Waals surface area contributed by atoms with Crippen LogP contribution < -0.4 is 0 Å². The Kier molecular flexibility index (Phi) is 5.84. The minimum absolute atomic E-state index is 0.0938. The Labute approximate surface area is 169 Å². The predicted molar refractivity (Wildman–Crippen MR) is 113 cm³/mol. The van der Waals surface area contributed by atoms with Crippen LogP contribution in [0, 0.1) is 13.8 Å². The predicted octanol–water partition coefficient (Wildman–Crippen LogP) is 5.32. The average molecular weight is 380 g/mol. The molecule has 2 saturated heterocycles. The maximum absolute atomic E-state index is 6.25. The van der Waals surface area contributed by atoms with Crippen molar-refractivity contribution in [3.63, 3.8) is 0 Å². The summed E-state index contributed by atoms with van der Waals surface area (Å²) < 4.78 is 12.0. The minimum atomic E-state index is -0.0938. The van der Waals surface area contributed by atoms with E-state index in [1.165, 1.54) is 41.6 Å². The van der Waals surface area contributed by atoms with Gasteiger partial charge in [0.1, 0.15) is 0 Å². The molecule has 3 nitrogen and oxygen atoms in total. The molecule has 3 heterocycles. The van der Waals surface area contributed by atoms with Crippen LogP contribution in [0.4, 0.5) is 0 Å². The molecule has 0 aliphatic carbocycles. The first-order valence-corrected chi connectivity index (χ1v) is 10.8. The number of pyridine rings is 1. The number of benzene rings is 1. The second-order valence-electron chi connectivity index (χ2n) is 8.96. The van der Waals surface area contributed by atoms with Gasteiger partial charge in [0.25, 0.3) is 0 Å². The summed E-state index contributed by atoms with van der Waals surface area (Å²) in [7, 11) is 0. The third-order valence-corrected chi connectivity index (χ3v) is 6.58. The highest BCUT2D eigenvalue weighted by atomic mass is 16.6. The molecule has 2 aliphatic heterocycles. The Bertz CT molecular complexity index is 762. The standard InChI is InChI=1S/C25H33NO2/c1-20-15-21(2)17-22(16-20)7-3-5-9-24(23-8-4-6-12-26-23)10-14-28-25(18-24)11-13-27-19-25/h4,6,8,12,15-17H,3,5,7,9-11,13-14,18-19H2,1-2H3/t24-,25-/m1/s1. The van der Waals surface area contributed by atoms with E-state index in [0.29, 0.717) is 0 Å². The lowest BCUT2D eigenvalue weighted by Gasteiger charge is -2.45. The number of nitrogens with zero attached hydrogens (tertiary/aromatic N) is 1. The quantitative estimate of drug-likeness (QED) is 0.637. The number of aromatic nitrogens is 1. The summed E-state index contributed by atoms with van der Waals surface area (Å²) in [6.45, 7) is 6.77. The van der Waals surface area contributed by atoms with Gasteiger partial charge in [0.15, 0.2) is 0 Å². The van der Waals surface area contributed by atoms with Crippen molar-refractivity contribution in [2.75, 3.05) is 19.8 Å². The van der Waals surface area contributed by atoms with Gasteiger partial charge in [-0.2, -0.15) is 0 Å². The molecule has 0 radical (unpaired) electrons. The summed E-state index contributed by atoms with van der Waals surface area (Å²) >= 11 is 0. The summed E-state index contributed by atoms with van der Waals surface area (Å²) in [6.07, 6.45) is 9.85. The molecule has 0 N–H and O–H groups in total. The molecule has 4 rings (SSSR count). The fourth-order valence-corrected chi connectivity index (χ4v) is 5.30. The van der Waals surface area contributed by atoms with Crippen LogP contribution in [-0.4, -0.2) is 30.4 Å². The van der Waals surface area contributed by atoms with E-state index in [1.54, 1.807) is 0 Å². The first-order chi connectivity index (χ1) is 13.6. The van der Waals surface area contributed by atoms with E-state index < -0.39 is 0 Å². The highest BCUT2D eigenvalue weighted by molar-refractivity contribution is 5.28. The molecule has 1 aromatic heterocycles. The molecule has 2 atom stereocenters. The van der Waals surface area contributed by atoms with Crippen LogP contribution in [0.5, 0.6) is 0 Å². The van der Waals surface area contributed by atoms with Crippen LogP contribution >= 0.6 is 0 Å². The number of ether oxygens (including phenoxy) is 2. The van der Waals surface area contributed by atoms with E-state index in [9.17, 15) is 0 Å². The maximum atomic E-state index is 6.25. The summed E-state index contributed by atoms with van der Waals surface area (Å²) in [5.74, 6) is 0. The Balaban J connectivity index is 1.45. The van der Waals surface area contributed by atoms with Gasteiger partial charge in [0.2, 0.25) is 0 Å². The molecule has 0 amide bonds. The average Bonchev–Trinajstić information content (AvgIpc) is 3.13. The lowest BCUT2D eigenvalue weighted by molar-refractivity contribution is -0.109. The van der Waals surface area contributed by atoms with Crippen molar-refractivity contribution in [2.45, 2.75) is 69.8 Å². The van der Waals surface area contributed by atoms with Gasteiger partial charge in [-0.25, -0.2) is 0 Å². The molecule has 3 heteroatoms.